The molecule has 0 aliphatic carbocycles. The maximum absolute atomic E-state index is 10.8. The number of nitriles is 1. The van der Waals surface area contributed by atoms with Gasteiger partial charge >= 0.3 is 0 Å². The first-order chi connectivity index (χ1) is 26.7. The predicted octanol–water partition coefficient (Wildman–Crippen LogP) is 13.2. The van der Waals surface area contributed by atoms with E-state index in [1.807, 2.05) is 42.5 Å². The number of nitrogens with zero attached hydrogens (tertiary/aromatic N) is 3. The summed E-state index contributed by atoms with van der Waals surface area (Å²) in [5.41, 5.74) is 11.9. The summed E-state index contributed by atoms with van der Waals surface area (Å²) >= 11 is 0. The van der Waals surface area contributed by atoms with Crippen LogP contribution < -0.4 is 0 Å². The summed E-state index contributed by atoms with van der Waals surface area (Å²) < 4.78 is 17.5. The van der Waals surface area contributed by atoms with Crippen molar-refractivity contribution in [1.29, 1.82) is 5.26 Å². The number of para-hydroxylation sites is 6. The summed E-state index contributed by atoms with van der Waals surface area (Å²) in [5.74, 6) is 0. The molecule has 0 atom stereocenters. The molecule has 5 heteroatoms. The van der Waals surface area contributed by atoms with Gasteiger partial charge in [0, 0.05) is 66.3 Å². The van der Waals surface area contributed by atoms with Crippen molar-refractivity contribution >= 4 is 87.5 Å². The van der Waals surface area contributed by atoms with Crippen LogP contribution in [0.2, 0.25) is 0 Å². The van der Waals surface area contributed by atoms with Gasteiger partial charge in [0.05, 0.1) is 39.0 Å². The van der Waals surface area contributed by atoms with E-state index in [0.717, 1.165) is 110 Å². The van der Waals surface area contributed by atoms with Crippen LogP contribution in [0.15, 0.2) is 173 Å². The molecule has 0 bridgehead atoms. The minimum absolute atomic E-state index is 0.584. The molecule has 4 heterocycles. The van der Waals surface area contributed by atoms with Gasteiger partial charge < -0.3 is 18.0 Å². The van der Waals surface area contributed by atoms with Gasteiger partial charge in [0.1, 0.15) is 28.4 Å². The molecule has 0 unspecified atom stereocenters. The van der Waals surface area contributed by atoms with Gasteiger partial charge in [0.25, 0.3) is 0 Å². The Morgan fingerprint density at radius 1 is 0.370 bits per heavy atom. The van der Waals surface area contributed by atoms with Crippen molar-refractivity contribution in [2.45, 2.75) is 0 Å². The summed E-state index contributed by atoms with van der Waals surface area (Å²) in [4.78, 5) is 0. The Balaban J connectivity index is 1.18. The molecule has 0 fully saturated rings. The zero-order valence-electron chi connectivity index (χ0n) is 28.7. The Hall–Kier alpha value is -7.55. The lowest BCUT2D eigenvalue weighted by molar-refractivity contribution is 0.669. The van der Waals surface area contributed by atoms with E-state index in [0.29, 0.717) is 5.56 Å². The molecule has 0 spiro atoms. The van der Waals surface area contributed by atoms with Crippen LogP contribution in [0.25, 0.3) is 110 Å². The third-order valence-electron chi connectivity index (χ3n) is 11.2. The van der Waals surface area contributed by atoms with Crippen LogP contribution in [-0.2, 0) is 0 Å². The zero-order chi connectivity index (χ0) is 35.5. The van der Waals surface area contributed by atoms with Gasteiger partial charge in [0.2, 0.25) is 0 Å². The van der Waals surface area contributed by atoms with E-state index in [4.69, 9.17) is 8.83 Å². The second-order valence-electron chi connectivity index (χ2n) is 14.0. The van der Waals surface area contributed by atoms with Crippen LogP contribution in [0.4, 0.5) is 0 Å². The standard InChI is InChI=1S/C49H27N3O2/c50-28-29-12-11-18-35(49(29)52-42-21-8-3-15-32(42)37-25-39-34-17-5-10-23-46(34)54-48(39)27-44(37)52)30-13-1-6-19-40(30)51-41-20-7-2-14-31(41)36-24-38-33-16-4-9-22-45(33)53-47(38)26-43(36)51/h1-27H. The average Bonchev–Trinajstić information content (AvgIpc) is 3.96. The molecular formula is C49H27N3O2. The summed E-state index contributed by atoms with van der Waals surface area (Å²) in [7, 11) is 0. The summed E-state index contributed by atoms with van der Waals surface area (Å²) in [6, 6.07) is 59.4. The molecule has 12 aromatic rings. The van der Waals surface area contributed by atoms with E-state index < -0.39 is 0 Å². The minimum atomic E-state index is 0.584. The number of hydrogen-bond acceptors (Lipinski definition) is 3. The average molecular weight is 690 g/mol. The monoisotopic (exact) mass is 689 g/mol. The molecule has 8 aromatic carbocycles. The number of hydrogen-bond donors (Lipinski definition) is 0. The van der Waals surface area contributed by atoms with Gasteiger partial charge in [-0.15, -0.1) is 0 Å². The number of rotatable bonds is 3. The maximum atomic E-state index is 10.8. The van der Waals surface area contributed by atoms with E-state index in [-0.39, 0.29) is 0 Å². The van der Waals surface area contributed by atoms with Gasteiger partial charge in [-0.3, -0.25) is 0 Å². The van der Waals surface area contributed by atoms with Crippen LogP contribution in [0, 0.1) is 11.3 Å². The molecule has 0 saturated carbocycles. The molecule has 0 aliphatic rings. The van der Waals surface area contributed by atoms with Crippen molar-refractivity contribution in [3.63, 3.8) is 0 Å². The molecule has 4 aromatic heterocycles. The summed E-state index contributed by atoms with van der Waals surface area (Å²) in [5, 5.41) is 19.7. The maximum Gasteiger partial charge on any atom is 0.137 e. The van der Waals surface area contributed by atoms with Crippen LogP contribution in [0.1, 0.15) is 5.56 Å². The van der Waals surface area contributed by atoms with Crippen LogP contribution in [0.5, 0.6) is 0 Å². The van der Waals surface area contributed by atoms with E-state index in [9.17, 15) is 5.26 Å². The van der Waals surface area contributed by atoms with Gasteiger partial charge in [0.15, 0.2) is 0 Å². The van der Waals surface area contributed by atoms with Crippen LogP contribution >= 0.6 is 0 Å². The topological polar surface area (TPSA) is 59.9 Å². The number of furan rings is 2. The highest BCUT2D eigenvalue weighted by Gasteiger charge is 2.24. The molecular weight excluding hydrogens is 663 g/mol. The lowest BCUT2D eigenvalue weighted by Gasteiger charge is -2.19. The number of fused-ring (bicyclic) bond motifs is 12. The fourth-order valence-electron chi connectivity index (χ4n) is 8.86. The highest BCUT2D eigenvalue weighted by atomic mass is 16.3. The molecule has 250 valence electrons. The largest absolute Gasteiger partial charge is 0.456 e. The highest BCUT2D eigenvalue weighted by Crippen LogP contribution is 2.44. The normalized spacial score (nSPS) is 12.1. The first-order valence-electron chi connectivity index (χ1n) is 18.1. The first-order valence-corrected chi connectivity index (χ1v) is 18.1. The Kier molecular flexibility index (Phi) is 5.78. The molecule has 0 saturated heterocycles. The molecule has 12 rings (SSSR count). The third-order valence-corrected chi connectivity index (χ3v) is 11.2. The molecule has 0 amide bonds. The predicted molar refractivity (Wildman–Crippen MR) is 220 cm³/mol. The Morgan fingerprint density at radius 3 is 1.50 bits per heavy atom. The second-order valence-corrected chi connectivity index (χ2v) is 14.0. The Labute approximate surface area is 307 Å². The molecule has 5 nitrogen and oxygen atoms in total. The molecule has 54 heavy (non-hydrogen) atoms. The van der Waals surface area contributed by atoms with Crippen molar-refractivity contribution in [2.24, 2.45) is 0 Å². The van der Waals surface area contributed by atoms with Gasteiger partial charge in [-0.25, -0.2) is 0 Å². The molecule has 0 aliphatic heterocycles. The number of benzene rings is 8. The van der Waals surface area contributed by atoms with Crippen molar-refractivity contribution in [2.75, 3.05) is 0 Å². The third kappa shape index (κ3) is 3.86. The van der Waals surface area contributed by atoms with E-state index in [1.165, 1.54) is 0 Å². The summed E-state index contributed by atoms with van der Waals surface area (Å²) in [6.45, 7) is 0. The quantitative estimate of drug-likeness (QED) is 0.185. The van der Waals surface area contributed by atoms with Crippen molar-refractivity contribution in [3.8, 4) is 28.6 Å². The van der Waals surface area contributed by atoms with E-state index >= 15 is 0 Å². The van der Waals surface area contributed by atoms with E-state index in [1.54, 1.807) is 0 Å². The lowest BCUT2D eigenvalue weighted by Crippen LogP contribution is -2.03. The minimum Gasteiger partial charge on any atom is -0.456 e. The van der Waals surface area contributed by atoms with Gasteiger partial charge in [-0.1, -0.05) is 103 Å². The van der Waals surface area contributed by atoms with Crippen molar-refractivity contribution in [3.05, 3.63) is 169 Å². The fourth-order valence-corrected chi connectivity index (χ4v) is 8.86. The van der Waals surface area contributed by atoms with Crippen LogP contribution in [0.3, 0.4) is 0 Å². The fraction of sp³-hybridized carbons (Fsp3) is 0. The zero-order valence-corrected chi connectivity index (χ0v) is 28.7. The lowest BCUT2D eigenvalue weighted by atomic mass is 9.98. The first kappa shape index (κ1) is 29.1. The van der Waals surface area contributed by atoms with E-state index in [2.05, 4.69) is 137 Å². The van der Waals surface area contributed by atoms with Crippen LogP contribution in [-0.4, -0.2) is 9.13 Å². The second kappa shape index (κ2) is 10.7. The number of aromatic nitrogens is 2. The SMILES string of the molecule is N#Cc1cccc(-c2ccccc2-n2c3ccccc3c3cc4c(cc32)oc2ccccc24)c1-n1c2ccccc2c2cc3c(cc21)oc1ccccc13. The molecule has 0 radical (unpaired) electrons. The van der Waals surface area contributed by atoms with Gasteiger partial charge in [-0.05, 0) is 48.5 Å². The van der Waals surface area contributed by atoms with Crippen molar-refractivity contribution in [1.82, 2.24) is 9.13 Å². The highest BCUT2D eigenvalue weighted by molar-refractivity contribution is 6.19. The van der Waals surface area contributed by atoms with Gasteiger partial charge in [-0.2, -0.15) is 5.26 Å². The van der Waals surface area contributed by atoms with Crippen molar-refractivity contribution < 1.29 is 8.83 Å². The Morgan fingerprint density at radius 2 is 0.870 bits per heavy atom. The molecule has 0 N–H and O–H groups in total. The Bertz CT molecular complexity index is 3590. The smallest absolute Gasteiger partial charge is 0.137 e. The summed E-state index contributed by atoms with van der Waals surface area (Å²) in [6.07, 6.45) is 0.